The van der Waals surface area contributed by atoms with Gasteiger partial charge in [0.05, 0.1) is 0 Å². The Kier molecular flexibility index (Phi) is 6.24. The second-order valence-corrected chi connectivity index (χ2v) is 5.88. The van der Waals surface area contributed by atoms with Gasteiger partial charge in [0.25, 0.3) is 0 Å². The predicted molar refractivity (Wildman–Crippen MR) is 82.6 cm³/mol. The Morgan fingerprint density at radius 1 is 1.30 bits per heavy atom. The van der Waals surface area contributed by atoms with Crippen molar-refractivity contribution in [2.45, 2.75) is 26.4 Å². The Bertz CT molecular complexity index is 533. The first-order valence-corrected chi connectivity index (χ1v) is 7.87. The first kappa shape index (κ1) is 15.2. The summed E-state index contributed by atoms with van der Waals surface area (Å²) in [5, 5.41) is 14.2. The van der Waals surface area contributed by atoms with E-state index in [0.717, 1.165) is 41.7 Å². The molecule has 0 radical (unpaired) electrons. The van der Waals surface area contributed by atoms with E-state index in [2.05, 4.69) is 22.4 Å². The molecule has 0 unspecified atom stereocenters. The van der Waals surface area contributed by atoms with Crippen molar-refractivity contribution in [3.8, 4) is 5.75 Å². The van der Waals surface area contributed by atoms with Crippen molar-refractivity contribution in [2.75, 3.05) is 13.1 Å². The molecule has 20 heavy (non-hydrogen) atoms. The first-order chi connectivity index (χ1) is 9.78. The third kappa shape index (κ3) is 5.07. The molecule has 0 amide bonds. The maximum atomic E-state index is 5.90. The zero-order valence-corrected chi connectivity index (χ0v) is 13.0. The van der Waals surface area contributed by atoms with Crippen molar-refractivity contribution in [3.63, 3.8) is 0 Å². The molecule has 6 heteroatoms. The van der Waals surface area contributed by atoms with E-state index < -0.39 is 0 Å². The summed E-state index contributed by atoms with van der Waals surface area (Å²) in [4.78, 5) is 0. The summed E-state index contributed by atoms with van der Waals surface area (Å²) in [6.45, 7) is 4.57. The molecule has 1 N–H and O–H groups in total. The highest BCUT2D eigenvalue weighted by Crippen LogP contribution is 2.19. The van der Waals surface area contributed by atoms with E-state index >= 15 is 0 Å². The number of aryl methyl sites for hydroxylation is 1. The van der Waals surface area contributed by atoms with Crippen LogP contribution in [0.4, 0.5) is 0 Å². The summed E-state index contributed by atoms with van der Waals surface area (Å²) in [6.07, 6.45) is 2.04. The van der Waals surface area contributed by atoms with Gasteiger partial charge in [-0.2, -0.15) is 0 Å². The maximum absolute atomic E-state index is 5.90. The summed E-state index contributed by atoms with van der Waals surface area (Å²) >= 11 is 7.51. The summed E-state index contributed by atoms with van der Waals surface area (Å²) in [5.74, 6) is 0.751. The minimum atomic E-state index is 0.436. The van der Waals surface area contributed by atoms with Crippen LogP contribution in [0.1, 0.15) is 23.4 Å². The molecule has 4 nitrogen and oxygen atoms in total. The van der Waals surface area contributed by atoms with Crippen LogP contribution in [0.25, 0.3) is 0 Å². The highest BCUT2D eigenvalue weighted by molar-refractivity contribution is 7.11. The van der Waals surface area contributed by atoms with E-state index in [1.807, 2.05) is 18.2 Å². The average molecular weight is 312 g/mol. The van der Waals surface area contributed by atoms with Gasteiger partial charge in [-0.3, -0.25) is 0 Å². The van der Waals surface area contributed by atoms with Gasteiger partial charge in [-0.05, 0) is 37.7 Å². The van der Waals surface area contributed by atoms with Gasteiger partial charge in [-0.25, -0.2) is 0 Å². The van der Waals surface area contributed by atoms with Crippen molar-refractivity contribution in [1.29, 1.82) is 0 Å². The Hall–Kier alpha value is -1.17. The fraction of sp³-hybridized carbons (Fsp3) is 0.429. The Morgan fingerprint density at radius 3 is 2.95 bits per heavy atom. The number of nitrogens with one attached hydrogen (secondary N) is 1. The fourth-order valence-electron chi connectivity index (χ4n) is 1.69. The number of halogens is 1. The van der Waals surface area contributed by atoms with Gasteiger partial charge in [-0.1, -0.05) is 35.9 Å². The SMILES string of the molecule is CCNCCCc1nnc(COc2cccc(Cl)c2)s1. The van der Waals surface area contributed by atoms with Crippen LogP contribution in [0, 0.1) is 0 Å². The molecule has 2 rings (SSSR count). The number of aromatic nitrogens is 2. The fourth-order valence-corrected chi connectivity index (χ4v) is 2.67. The van der Waals surface area contributed by atoms with E-state index in [1.54, 1.807) is 17.4 Å². The van der Waals surface area contributed by atoms with Crippen molar-refractivity contribution < 1.29 is 4.74 Å². The van der Waals surface area contributed by atoms with Crippen LogP contribution in [-0.2, 0) is 13.0 Å². The van der Waals surface area contributed by atoms with Gasteiger partial charge in [-0.15, -0.1) is 10.2 Å². The zero-order valence-electron chi connectivity index (χ0n) is 11.4. The topological polar surface area (TPSA) is 47.0 Å². The van der Waals surface area contributed by atoms with Crippen molar-refractivity contribution in [1.82, 2.24) is 15.5 Å². The van der Waals surface area contributed by atoms with Crippen molar-refractivity contribution >= 4 is 22.9 Å². The molecule has 0 spiro atoms. The van der Waals surface area contributed by atoms with Crippen LogP contribution >= 0.6 is 22.9 Å². The molecule has 0 atom stereocenters. The maximum Gasteiger partial charge on any atom is 0.155 e. The molecule has 0 saturated carbocycles. The number of hydrogen-bond donors (Lipinski definition) is 1. The second-order valence-electron chi connectivity index (χ2n) is 4.29. The van der Waals surface area contributed by atoms with Gasteiger partial charge in [0.15, 0.2) is 5.01 Å². The van der Waals surface area contributed by atoms with E-state index in [9.17, 15) is 0 Å². The first-order valence-electron chi connectivity index (χ1n) is 6.68. The number of rotatable bonds is 8. The van der Waals surface area contributed by atoms with Crippen LogP contribution in [0.5, 0.6) is 5.75 Å². The summed E-state index contributed by atoms with van der Waals surface area (Å²) < 4.78 is 5.64. The normalized spacial score (nSPS) is 10.7. The van der Waals surface area contributed by atoms with Gasteiger partial charge in [0, 0.05) is 11.4 Å². The summed E-state index contributed by atoms with van der Waals surface area (Å²) in [7, 11) is 0. The standard InChI is InChI=1S/C14H18ClN3OS/c1-2-16-8-4-7-13-17-18-14(20-13)10-19-12-6-3-5-11(15)9-12/h3,5-6,9,16H,2,4,7-8,10H2,1H3. The Morgan fingerprint density at radius 2 is 2.15 bits per heavy atom. The number of nitrogens with zero attached hydrogens (tertiary/aromatic N) is 2. The molecule has 1 aromatic heterocycles. The van der Waals surface area contributed by atoms with Crippen LogP contribution in [0.2, 0.25) is 5.02 Å². The summed E-state index contributed by atoms with van der Waals surface area (Å²) in [6, 6.07) is 7.36. The number of benzene rings is 1. The van der Waals surface area contributed by atoms with Crippen LogP contribution in [0.3, 0.4) is 0 Å². The largest absolute Gasteiger partial charge is 0.486 e. The second kappa shape index (κ2) is 8.19. The molecular weight excluding hydrogens is 294 g/mol. The molecule has 0 aliphatic rings. The molecule has 0 aliphatic heterocycles. The van der Waals surface area contributed by atoms with Gasteiger partial charge in [0.1, 0.15) is 17.4 Å². The number of hydrogen-bond acceptors (Lipinski definition) is 5. The Balaban J connectivity index is 1.78. The van der Waals surface area contributed by atoms with E-state index in [4.69, 9.17) is 16.3 Å². The van der Waals surface area contributed by atoms with Crippen LogP contribution in [-0.4, -0.2) is 23.3 Å². The lowest BCUT2D eigenvalue weighted by molar-refractivity contribution is 0.304. The monoisotopic (exact) mass is 311 g/mol. The lowest BCUT2D eigenvalue weighted by Gasteiger charge is -2.03. The van der Waals surface area contributed by atoms with Crippen LogP contribution in [0.15, 0.2) is 24.3 Å². The molecule has 0 saturated heterocycles. The third-order valence-electron chi connectivity index (χ3n) is 2.66. The Labute approximate surface area is 128 Å². The predicted octanol–water partition coefficient (Wildman–Crippen LogP) is 3.31. The number of ether oxygens (including phenoxy) is 1. The van der Waals surface area contributed by atoms with Crippen molar-refractivity contribution in [2.24, 2.45) is 0 Å². The quantitative estimate of drug-likeness (QED) is 0.760. The van der Waals surface area contributed by atoms with Gasteiger partial charge < -0.3 is 10.1 Å². The molecule has 2 aromatic rings. The highest BCUT2D eigenvalue weighted by atomic mass is 35.5. The zero-order chi connectivity index (χ0) is 14.2. The summed E-state index contributed by atoms with van der Waals surface area (Å²) in [5.41, 5.74) is 0. The molecular formula is C14H18ClN3OS. The van der Waals surface area contributed by atoms with Gasteiger partial charge in [0.2, 0.25) is 0 Å². The van der Waals surface area contributed by atoms with Crippen molar-refractivity contribution in [3.05, 3.63) is 39.3 Å². The minimum Gasteiger partial charge on any atom is -0.486 e. The highest BCUT2D eigenvalue weighted by Gasteiger charge is 2.05. The minimum absolute atomic E-state index is 0.436. The molecule has 108 valence electrons. The molecule has 1 heterocycles. The van der Waals surface area contributed by atoms with E-state index in [-0.39, 0.29) is 0 Å². The van der Waals surface area contributed by atoms with Gasteiger partial charge >= 0.3 is 0 Å². The van der Waals surface area contributed by atoms with Crippen LogP contribution < -0.4 is 10.1 Å². The molecule has 0 bridgehead atoms. The molecule has 0 fully saturated rings. The molecule has 1 aromatic carbocycles. The van der Waals surface area contributed by atoms with E-state index in [1.165, 1.54) is 0 Å². The third-order valence-corrected chi connectivity index (χ3v) is 3.85. The lowest BCUT2D eigenvalue weighted by Crippen LogP contribution is -2.14. The molecule has 0 aliphatic carbocycles. The average Bonchev–Trinajstić information content (AvgIpc) is 2.89. The lowest BCUT2D eigenvalue weighted by atomic mass is 10.3. The van der Waals surface area contributed by atoms with E-state index in [0.29, 0.717) is 11.6 Å². The smallest absolute Gasteiger partial charge is 0.155 e.